The van der Waals surface area contributed by atoms with Crippen molar-refractivity contribution in [3.05, 3.63) is 63.7 Å². The standard InChI is InChI=1S/C23H25ClN2O2/c1-22(2)12-19(26-20-17(22)9-15(13-25)10-18(20)24)16-7-5-6-14(8-16)11-23(3,4)21(27)28/h5-10,19,26H,11-12H2,1-4H3,(H,27,28). The molecule has 1 heterocycles. The second-order valence-corrected chi connectivity index (χ2v) is 9.30. The first-order chi connectivity index (χ1) is 13.0. The van der Waals surface area contributed by atoms with Gasteiger partial charge in [0.15, 0.2) is 0 Å². The predicted octanol–water partition coefficient (Wildman–Crippen LogP) is 5.70. The number of hydrogen-bond acceptors (Lipinski definition) is 3. The lowest BCUT2D eigenvalue weighted by molar-refractivity contribution is -0.146. The molecule has 28 heavy (non-hydrogen) atoms. The van der Waals surface area contributed by atoms with Gasteiger partial charge in [-0.25, -0.2) is 0 Å². The lowest BCUT2D eigenvalue weighted by Crippen LogP contribution is -2.31. The van der Waals surface area contributed by atoms with E-state index in [1.807, 2.05) is 18.2 Å². The molecule has 0 aromatic heterocycles. The van der Waals surface area contributed by atoms with E-state index in [0.29, 0.717) is 17.0 Å². The molecular weight excluding hydrogens is 372 g/mol. The van der Waals surface area contributed by atoms with Crippen LogP contribution in [0.25, 0.3) is 0 Å². The number of hydrogen-bond donors (Lipinski definition) is 2. The summed E-state index contributed by atoms with van der Waals surface area (Å²) >= 11 is 6.48. The van der Waals surface area contributed by atoms with Crippen molar-refractivity contribution in [1.29, 1.82) is 5.26 Å². The first kappa shape index (κ1) is 20.2. The van der Waals surface area contributed by atoms with Crippen LogP contribution in [-0.2, 0) is 16.6 Å². The molecule has 1 unspecified atom stereocenters. The number of nitrogens with one attached hydrogen (secondary N) is 1. The number of nitrogens with zero attached hydrogens (tertiary/aromatic N) is 1. The van der Waals surface area contributed by atoms with Crippen LogP contribution in [0.4, 0.5) is 5.69 Å². The molecule has 146 valence electrons. The van der Waals surface area contributed by atoms with Crippen molar-refractivity contribution in [2.24, 2.45) is 5.41 Å². The summed E-state index contributed by atoms with van der Waals surface area (Å²) in [6.45, 7) is 7.81. The lowest BCUT2D eigenvalue weighted by Gasteiger charge is -2.39. The highest BCUT2D eigenvalue weighted by molar-refractivity contribution is 6.33. The summed E-state index contributed by atoms with van der Waals surface area (Å²) < 4.78 is 0. The Balaban J connectivity index is 1.96. The van der Waals surface area contributed by atoms with Crippen molar-refractivity contribution >= 4 is 23.3 Å². The monoisotopic (exact) mass is 396 g/mol. The zero-order valence-electron chi connectivity index (χ0n) is 16.6. The van der Waals surface area contributed by atoms with Gasteiger partial charge < -0.3 is 10.4 Å². The molecule has 1 atom stereocenters. The van der Waals surface area contributed by atoms with Gasteiger partial charge in [-0.2, -0.15) is 5.26 Å². The summed E-state index contributed by atoms with van der Waals surface area (Å²) in [7, 11) is 0. The predicted molar refractivity (Wildman–Crippen MR) is 112 cm³/mol. The number of halogens is 1. The Kier molecular flexibility index (Phi) is 5.16. The highest BCUT2D eigenvalue weighted by Crippen LogP contribution is 2.47. The van der Waals surface area contributed by atoms with Crippen LogP contribution in [0.5, 0.6) is 0 Å². The Labute approximate surface area is 171 Å². The molecule has 0 saturated heterocycles. The fourth-order valence-electron chi connectivity index (χ4n) is 3.90. The summed E-state index contributed by atoms with van der Waals surface area (Å²) in [6, 6.07) is 13.9. The number of carbonyl (C=O) groups is 1. The van der Waals surface area contributed by atoms with Crippen LogP contribution < -0.4 is 5.32 Å². The molecule has 0 fully saturated rings. The smallest absolute Gasteiger partial charge is 0.309 e. The molecule has 2 aromatic carbocycles. The van der Waals surface area contributed by atoms with Crippen LogP contribution in [0.3, 0.4) is 0 Å². The molecule has 0 spiro atoms. The van der Waals surface area contributed by atoms with Gasteiger partial charge in [-0.1, -0.05) is 49.7 Å². The number of carboxylic acid groups (broad SMARTS) is 1. The van der Waals surface area contributed by atoms with Gasteiger partial charge in [0.05, 0.1) is 33.8 Å². The third kappa shape index (κ3) is 3.86. The SMILES string of the molecule is CC(C)(Cc1cccc(C2CC(C)(C)c3cc(C#N)cc(Cl)c3N2)c1)C(=O)O. The lowest BCUT2D eigenvalue weighted by atomic mass is 9.73. The van der Waals surface area contributed by atoms with E-state index in [0.717, 1.165) is 28.8 Å². The van der Waals surface area contributed by atoms with E-state index in [4.69, 9.17) is 11.6 Å². The van der Waals surface area contributed by atoms with Crippen LogP contribution in [0.15, 0.2) is 36.4 Å². The molecule has 0 aliphatic carbocycles. The van der Waals surface area contributed by atoms with Crippen molar-refractivity contribution in [1.82, 2.24) is 0 Å². The van der Waals surface area contributed by atoms with Gasteiger partial charge in [0.2, 0.25) is 0 Å². The number of aliphatic carboxylic acids is 1. The minimum absolute atomic E-state index is 0.0563. The Morgan fingerprint density at radius 3 is 2.71 bits per heavy atom. The molecule has 0 amide bonds. The normalized spacial score (nSPS) is 17.9. The van der Waals surface area contributed by atoms with E-state index in [9.17, 15) is 15.2 Å². The average Bonchev–Trinajstić information content (AvgIpc) is 2.61. The summed E-state index contributed by atoms with van der Waals surface area (Å²) in [6.07, 6.45) is 1.31. The minimum atomic E-state index is -0.818. The highest BCUT2D eigenvalue weighted by atomic mass is 35.5. The molecule has 0 radical (unpaired) electrons. The fourth-order valence-corrected chi connectivity index (χ4v) is 4.18. The second kappa shape index (κ2) is 7.14. The van der Waals surface area contributed by atoms with Gasteiger partial charge in [0.25, 0.3) is 0 Å². The van der Waals surface area contributed by atoms with E-state index in [-0.39, 0.29) is 11.5 Å². The largest absolute Gasteiger partial charge is 0.481 e. The van der Waals surface area contributed by atoms with Crippen molar-refractivity contribution in [2.75, 3.05) is 5.32 Å². The fraction of sp³-hybridized carbons (Fsp3) is 0.391. The van der Waals surface area contributed by atoms with Crippen LogP contribution in [0, 0.1) is 16.7 Å². The van der Waals surface area contributed by atoms with E-state index < -0.39 is 11.4 Å². The van der Waals surface area contributed by atoms with Gasteiger partial charge in [-0.15, -0.1) is 0 Å². The summed E-state index contributed by atoms with van der Waals surface area (Å²) in [5.41, 5.74) is 3.63. The Bertz CT molecular complexity index is 973. The molecule has 4 nitrogen and oxygen atoms in total. The van der Waals surface area contributed by atoms with Crippen LogP contribution >= 0.6 is 11.6 Å². The Morgan fingerprint density at radius 2 is 2.07 bits per heavy atom. The maximum Gasteiger partial charge on any atom is 0.309 e. The zero-order chi connectivity index (χ0) is 20.7. The summed E-state index contributed by atoms with van der Waals surface area (Å²) in [4.78, 5) is 11.5. The number of nitriles is 1. The number of rotatable bonds is 4. The minimum Gasteiger partial charge on any atom is -0.481 e. The van der Waals surface area contributed by atoms with E-state index >= 15 is 0 Å². The van der Waals surface area contributed by atoms with Crippen molar-refractivity contribution in [3.8, 4) is 6.07 Å². The number of anilines is 1. The average molecular weight is 397 g/mol. The number of fused-ring (bicyclic) bond motifs is 1. The van der Waals surface area contributed by atoms with Crippen molar-refractivity contribution in [3.63, 3.8) is 0 Å². The molecule has 0 saturated carbocycles. The van der Waals surface area contributed by atoms with Crippen LogP contribution in [0.2, 0.25) is 5.02 Å². The molecule has 2 aromatic rings. The maximum absolute atomic E-state index is 11.5. The topological polar surface area (TPSA) is 73.1 Å². The van der Waals surface area contributed by atoms with E-state index in [2.05, 4.69) is 37.4 Å². The first-order valence-electron chi connectivity index (χ1n) is 9.36. The molecule has 2 N–H and O–H groups in total. The number of benzene rings is 2. The van der Waals surface area contributed by atoms with E-state index in [1.165, 1.54) is 0 Å². The van der Waals surface area contributed by atoms with Gasteiger partial charge >= 0.3 is 5.97 Å². The van der Waals surface area contributed by atoms with Crippen LogP contribution in [0.1, 0.15) is 62.4 Å². The molecular formula is C23H25ClN2O2. The zero-order valence-corrected chi connectivity index (χ0v) is 17.4. The molecule has 3 rings (SSSR count). The Morgan fingerprint density at radius 1 is 1.36 bits per heavy atom. The third-order valence-electron chi connectivity index (χ3n) is 5.56. The van der Waals surface area contributed by atoms with Gasteiger partial charge in [-0.05, 0) is 60.9 Å². The van der Waals surface area contributed by atoms with Gasteiger partial charge in [0.1, 0.15) is 0 Å². The van der Waals surface area contributed by atoms with E-state index in [1.54, 1.807) is 19.9 Å². The second-order valence-electron chi connectivity index (χ2n) is 8.89. The van der Waals surface area contributed by atoms with Gasteiger partial charge in [0, 0.05) is 0 Å². The maximum atomic E-state index is 11.5. The van der Waals surface area contributed by atoms with Crippen molar-refractivity contribution < 1.29 is 9.90 Å². The van der Waals surface area contributed by atoms with Crippen molar-refractivity contribution in [2.45, 2.75) is 52.0 Å². The molecule has 0 bridgehead atoms. The quantitative estimate of drug-likeness (QED) is 0.695. The number of carboxylic acids is 1. The molecule has 1 aliphatic heterocycles. The Hall–Kier alpha value is -2.51. The summed E-state index contributed by atoms with van der Waals surface area (Å²) in [5, 5.41) is 22.8. The highest BCUT2D eigenvalue weighted by Gasteiger charge is 2.35. The van der Waals surface area contributed by atoms with Crippen LogP contribution in [-0.4, -0.2) is 11.1 Å². The summed E-state index contributed by atoms with van der Waals surface area (Å²) in [5.74, 6) is -0.802. The molecule has 1 aliphatic rings. The first-order valence-corrected chi connectivity index (χ1v) is 9.74. The molecule has 5 heteroatoms. The third-order valence-corrected chi connectivity index (χ3v) is 5.86. The van der Waals surface area contributed by atoms with Gasteiger partial charge in [-0.3, -0.25) is 4.79 Å².